The van der Waals surface area contributed by atoms with Crippen LogP contribution in [0.1, 0.15) is 17.3 Å². The van der Waals surface area contributed by atoms with Crippen molar-refractivity contribution in [3.05, 3.63) is 35.5 Å². The van der Waals surface area contributed by atoms with E-state index in [2.05, 4.69) is 15.5 Å². The third-order valence-electron chi connectivity index (χ3n) is 3.97. The summed E-state index contributed by atoms with van der Waals surface area (Å²) < 4.78 is 20.9. The number of nitrogens with zero attached hydrogens (tertiary/aromatic N) is 2. The minimum absolute atomic E-state index is 0.0508. The predicted molar refractivity (Wildman–Crippen MR) is 87.4 cm³/mol. The van der Waals surface area contributed by atoms with Gasteiger partial charge in [-0.2, -0.15) is 4.98 Å². The first kappa shape index (κ1) is 17.2. The molecule has 8 heteroatoms. The van der Waals surface area contributed by atoms with E-state index in [4.69, 9.17) is 18.7 Å². The van der Waals surface area contributed by atoms with E-state index in [-0.39, 0.29) is 11.8 Å². The van der Waals surface area contributed by atoms with Crippen LogP contribution in [-0.2, 0) is 29.0 Å². The number of rotatable bonds is 7. The van der Waals surface area contributed by atoms with Gasteiger partial charge in [0, 0.05) is 20.1 Å². The monoisotopic (exact) mass is 347 g/mol. The first-order valence-electron chi connectivity index (χ1n) is 8.07. The second-order valence-electron chi connectivity index (χ2n) is 5.76. The van der Waals surface area contributed by atoms with Crippen LogP contribution in [0.4, 0.5) is 0 Å². The molecule has 2 aromatic rings. The Hall–Kier alpha value is -2.61. The van der Waals surface area contributed by atoms with Crippen molar-refractivity contribution in [1.29, 1.82) is 0 Å². The van der Waals surface area contributed by atoms with Crippen LogP contribution < -0.4 is 14.8 Å². The molecule has 0 saturated carbocycles. The number of fused-ring (bicyclic) bond motifs is 1. The van der Waals surface area contributed by atoms with Crippen LogP contribution in [0.2, 0.25) is 0 Å². The van der Waals surface area contributed by atoms with E-state index in [0.717, 1.165) is 17.1 Å². The van der Waals surface area contributed by atoms with Crippen molar-refractivity contribution in [1.82, 2.24) is 15.5 Å². The van der Waals surface area contributed by atoms with Gasteiger partial charge in [0.05, 0.1) is 13.0 Å². The molecule has 134 valence electrons. The topological polar surface area (TPSA) is 95.7 Å². The normalized spacial score (nSPS) is 16.0. The lowest BCUT2D eigenvalue weighted by Crippen LogP contribution is -2.38. The average molecular weight is 347 g/mol. The minimum Gasteiger partial charge on any atom is -0.497 e. The van der Waals surface area contributed by atoms with Gasteiger partial charge >= 0.3 is 0 Å². The Morgan fingerprint density at radius 3 is 3.08 bits per heavy atom. The lowest BCUT2D eigenvalue weighted by molar-refractivity contribution is -0.126. The van der Waals surface area contributed by atoms with Crippen LogP contribution >= 0.6 is 0 Å². The fourth-order valence-electron chi connectivity index (χ4n) is 2.68. The van der Waals surface area contributed by atoms with Gasteiger partial charge in [-0.25, -0.2) is 0 Å². The Morgan fingerprint density at radius 2 is 2.28 bits per heavy atom. The van der Waals surface area contributed by atoms with Crippen molar-refractivity contribution < 1.29 is 23.5 Å². The maximum absolute atomic E-state index is 12.4. The molecule has 0 aliphatic carbocycles. The van der Waals surface area contributed by atoms with Crippen molar-refractivity contribution in [2.24, 2.45) is 5.92 Å². The zero-order valence-electron chi connectivity index (χ0n) is 14.3. The molecule has 1 aliphatic heterocycles. The van der Waals surface area contributed by atoms with Crippen molar-refractivity contribution >= 4 is 5.91 Å². The third kappa shape index (κ3) is 4.27. The van der Waals surface area contributed by atoms with Gasteiger partial charge in [-0.15, -0.1) is 0 Å². The zero-order chi connectivity index (χ0) is 17.6. The summed E-state index contributed by atoms with van der Waals surface area (Å²) >= 11 is 0. The van der Waals surface area contributed by atoms with Crippen molar-refractivity contribution in [2.45, 2.75) is 19.4 Å². The maximum atomic E-state index is 12.4. The highest BCUT2D eigenvalue weighted by Gasteiger charge is 2.26. The number of hydrogen-bond acceptors (Lipinski definition) is 7. The van der Waals surface area contributed by atoms with E-state index in [0.29, 0.717) is 44.3 Å². The molecule has 0 radical (unpaired) electrons. The second-order valence-corrected chi connectivity index (χ2v) is 5.76. The molecular formula is C17H21N3O5. The molecule has 0 bridgehead atoms. The highest BCUT2D eigenvalue weighted by atomic mass is 16.5. The van der Waals surface area contributed by atoms with E-state index < -0.39 is 0 Å². The molecule has 1 atom stereocenters. The Bertz CT molecular complexity index is 731. The molecule has 1 amide bonds. The van der Waals surface area contributed by atoms with E-state index in [9.17, 15) is 4.79 Å². The summed E-state index contributed by atoms with van der Waals surface area (Å²) in [7, 11) is 3.18. The van der Waals surface area contributed by atoms with Gasteiger partial charge in [0.1, 0.15) is 24.7 Å². The molecule has 3 rings (SSSR count). The van der Waals surface area contributed by atoms with Gasteiger partial charge < -0.3 is 24.1 Å². The molecule has 1 aliphatic rings. The molecule has 25 heavy (non-hydrogen) atoms. The summed E-state index contributed by atoms with van der Waals surface area (Å²) in [4.78, 5) is 16.5. The largest absolute Gasteiger partial charge is 0.497 e. The second kappa shape index (κ2) is 7.98. The lowest BCUT2D eigenvalue weighted by Gasteiger charge is -2.24. The summed E-state index contributed by atoms with van der Waals surface area (Å²) in [6, 6.07) is 5.63. The number of ether oxygens (including phenoxy) is 3. The van der Waals surface area contributed by atoms with Gasteiger partial charge in [0.25, 0.3) is 0 Å². The number of methoxy groups -OCH3 is 2. The number of benzene rings is 1. The fraction of sp³-hybridized carbons (Fsp3) is 0.471. The summed E-state index contributed by atoms with van der Waals surface area (Å²) in [6.07, 6.45) is 1.09. The standard InChI is InChI=1S/C17H21N3O5/c1-22-10-15-19-16(25-20-15)5-6-18-17(21)12-7-11-8-13(23-2)3-4-14(11)24-9-12/h3-4,8,12H,5-7,9-10H2,1-2H3,(H,18,21)/t12-/m0/s1. The van der Waals surface area contributed by atoms with E-state index >= 15 is 0 Å². The van der Waals surface area contributed by atoms with Gasteiger partial charge in [-0.3, -0.25) is 4.79 Å². The predicted octanol–water partition coefficient (Wildman–Crippen LogP) is 1.13. The molecule has 0 saturated heterocycles. The van der Waals surface area contributed by atoms with Crippen LogP contribution in [-0.4, -0.2) is 43.4 Å². The first-order chi connectivity index (χ1) is 12.2. The van der Waals surface area contributed by atoms with E-state index in [1.54, 1.807) is 14.2 Å². The Balaban J connectivity index is 1.49. The average Bonchev–Trinajstić information content (AvgIpc) is 3.08. The highest BCUT2D eigenvalue weighted by molar-refractivity contribution is 5.79. The van der Waals surface area contributed by atoms with Gasteiger partial charge in [-0.05, 0) is 30.2 Å². The van der Waals surface area contributed by atoms with Gasteiger partial charge in [-0.1, -0.05) is 5.16 Å². The van der Waals surface area contributed by atoms with Crippen LogP contribution in [0.5, 0.6) is 11.5 Å². The minimum atomic E-state index is -0.230. The lowest BCUT2D eigenvalue weighted by atomic mass is 9.96. The molecular weight excluding hydrogens is 326 g/mol. The molecule has 1 aromatic heterocycles. The smallest absolute Gasteiger partial charge is 0.228 e. The number of amides is 1. The highest BCUT2D eigenvalue weighted by Crippen LogP contribution is 2.30. The van der Waals surface area contributed by atoms with Crippen LogP contribution in [0.15, 0.2) is 22.7 Å². The quantitative estimate of drug-likeness (QED) is 0.802. The number of aromatic nitrogens is 2. The number of hydrogen-bond donors (Lipinski definition) is 1. The number of nitrogens with one attached hydrogen (secondary N) is 1. The Morgan fingerprint density at radius 1 is 1.40 bits per heavy atom. The van der Waals surface area contributed by atoms with Crippen LogP contribution in [0, 0.1) is 5.92 Å². The Labute approximate surface area is 145 Å². The maximum Gasteiger partial charge on any atom is 0.228 e. The van der Waals surface area contributed by atoms with Crippen molar-refractivity contribution in [3.8, 4) is 11.5 Å². The molecule has 2 heterocycles. The van der Waals surface area contributed by atoms with Gasteiger partial charge in [0.15, 0.2) is 5.82 Å². The van der Waals surface area contributed by atoms with Crippen LogP contribution in [0.25, 0.3) is 0 Å². The molecule has 0 unspecified atom stereocenters. The number of carbonyl (C=O) groups is 1. The van der Waals surface area contributed by atoms with E-state index in [1.165, 1.54) is 0 Å². The molecule has 1 N–H and O–H groups in total. The molecule has 8 nitrogen and oxygen atoms in total. The first-order valence-corrected chi connectivity index (χ1v) is 8.07. The van der Waals surface area contributed by atoms with Gasteiger partial charge in [0.2, 0.25) is 11.8 Å². The number of carbonyl (C=O) groups excluding carboxylic acids is 1. The molecule has 0 fully saturated rings. The Kier molecular flexibility index (Phi) is 5.49. The summed E-state index contributed by atoms with van der Waals surface area (Å²) in [5, 5.41) is 6.67. The zero-order valence-corrected chi connectivity index (χ0v) is 14.3. The summed E-state index contributed by atoms with van der Waals surface area (Å²) in [6.45, 7) is 1.09. The van der Waals surface area contributed by atoms with Crippen molar-refractivity contribution in [3.63, 3.8) is 0 Å². The summed E-state index contributed by atoms with van der Waals surface area (Å²) in [5.74, 6) is 2.25. The SMILES string of the molecule is COCc1noc(CCNC(=O)[C@@H]2COc3ccc(OC)cc3C2)n1. The third-order valence-corrected chi connectivity index (χ3v) is 3.97. The molecule has 0 spiro atoms. The molecule has 1 aromatic carbocycles. The van der Waals surface area contributed by atoms with E-state index in [1.807, 2.05) is 18.2 Å². The van der Waals surface area contributed by atoms with Crippen molar-refractivity contribution in [2.75, 3.05) is 27.4 Å². The van der Waals surface area contributed by atoms with Crippen LogP contribution in [0.3, 0.4) is 0 Å². The fourth-order valence-corrected chi connectivity index (χ4v) is 2.68. The summed E-state index contributed by atoms with van der Waals surface area (Å²) in [5.41, 5.74) is 0.979.